The lowest BCUT2D eigenvalue weighted by Crippen LogP contribution is -2.59. The summed E-state index contributed by atoms with van der Waals surface area (Å²) in [5, 5.41) is 112. The van der Waals surface area contributed by atoms with Gasteiger partial charge in [0.2, 0.25) is 0 Å². The van der Waals surface area contributed by atoms with Crippen molar-refractivity contribution in [3.63, 3.8) is 0 Å². The molecule has 10 unspecified atom stereocenters. The SMILES string of the molecule is CC.NCl.O=C1c2c(c3c4ccc(O)cc4n(C4OC(CO)C(O)C(O)C4O)c3c3[nH]c4cc(O)ccc4c23)C(=O)N1NC(CO)CO.O=C1c2c(c3c4ccc(OCc5ccccc5)cc4n(C4OC(COCc5ccccc5)C(OCc5ccccc5)C(OCc5ccccc5)C4OCc4ccccc4)c3c3[nH]c4cc(OCc5ccccc5)ccc4c23)C(=O)N1NC(CO)CO. The number of carbonyl (C=O) groups excluding carboxylic acids is 4. The van der Waals surface area contributed by atoms with Crippen molar-refractivity contribution in [2.24, 2.45) is 5.25 Å². The van der Waals surface area contributed by atoms with Crippen LogP contribution in [0, 0.1) is 0 Å². The maximum absolute atomic E-state index is 15.5. The summed E-state index contributed by atoms with van der Waals surface area (Å²) in [4.78, 5) is 65.8. The summed E-state index contributed by atoms with van der Waals surface area (Å²) >= 11 is 4.14. The molecule has 12 aromatic carbocycles. The van der Waals surface area contributed by atoms with Gasteiger partial charge in [-0.2, -0.15) is 0 Å². The number of rotatable bonds is 30. The molecule has 16 aromatic rings. The molecule has 2 fully saturated rings. The zero-order chi connectivity index (χ0) is 93.5. The van der Waals surface area contributed by atoms with E-state index < -0.39 is 130 Å². The van der Waals surface area contributed by atoms with E-state index in [0.717, 1.165) is 38.4 Å². The Balaban J connectivity index is 0.000000218. The number of aromatic hydroxyl groups is 2. The number of aliphatic hydroxyl groups excluding tert-OH is 8. The van der Waals surface area contributed by atoms with E-state index in [-0.39, 0.29) is 101 Å². The number of hydrazine groups is 2. The van der Waals surface area contributed by atoms with Gasteiger partial charge in [0.15, 0.2) is 12.5 Å². The van der Waals surface area contributed by atoms with E-state index in [4.69, 9.17) is 37.9 Å². The Morgan fingerprint density at radius 1 is 0.388 bits per heavy atom. The number of nitrogens with two attached hydrogens (primary N) is 1. The number of phenolic OH excluding ortho intramolecular Hbond substituents is 2. The third-order valence-electron chi connectivity index (χ3n) is 24.4. The number of hydrogen-bond donors (Lipinski definition) is 15. The predicted octanol–water partition coefficient (Wildman–Crippen LogP) is 12.3. The average molecular weight is 1840 g/mol. The molecule has 2 saturated heterocycles. The number of fused-ring (bicyclic) bond motifs is 20. The quantitative estimate of drug-likeness (QED) is 0.0147. The van der Waals surface area contributed by atoms with Gasteiger partial charge >= 0.3 is 0 Å². The number of nitrogens with zero attached hydrogens (tertiary/aromatic N) is 4. The fourth-order valence-corrected chi connectivity index (χ4v) is 18.1. The predicted molar refractivity (Wildman–Crippen MR) is 501 cm³/mol. The van der Waals surface area contributed by atoms with Crippen molar-refractivity contribution >= 4 is 123 Å². The highest BCUT2D eigenvalue weighted by molar-refractivity contribution is 6.41. The fourth-order valence-electron chi connectivity index (χ4n) is 18.1. The maximum atomic E-state index is 15.5. The first-order valence-corrected chi connectivity index (χ1v) is 44.3. The summed E-state index contributed by atoms with van der Waals surface area (Å²) in [7, 11) is 0. The zero-order valence-corrected chi connectivity index (χ0v) is 73.5. The molecule has 692 valence electrons. The number of aromatic nitrogens is 4. The Morgan fingerprint density at radius 2 is 0.746 bits per heavy atom. The first-order valence-electron chi connectivity index (χ1n) is 43.9. The van der Waals surface area contributed by atoms with E-state index in [1.165, 1.54) is 34.9 Å². The number of amides is 4. The molecule has 31 nitrogen and oxygen atoms in total. The number of imide groups is 2. The third kappa shape index (κ3) is 17.9. The Bertz CT molecular complexity index is 6890. The van der Waals surface area contributed by atoms with Crippen LogP contribution in [-0.4, -0.2) is 204 Å². The molecule has 4 amide bonds. The number of benzene rings is 12. The summed E-state index contributed by atoms with van der Waals surface area (Å²) in [5.41, 5.74) is 14.7. The second-order valence-electron chi connectivity index (χ2n) is 32.6. The molecule has 0 aliphatic carbocycles. The number of ether oxygens (including phenoxy) is 8. The van der Waals surface area contributed by atoms with Crippen LogP contribution >= 0.6 is 11.8 Å². The van der Waals surface area contributed by atoms with Crippen LogP contribution in [0.1, 0.15) is 101 Å². The first kappa shape index (κ1) is 92.8. The van der Waals surface area contributed by atoms with Gasteiger partial charge in [-0.1, -0.05) is 196 Å². The van der Waals surface area contributed by atoms with Crippen LogP contribution in [0.25, 0.3) is 87.2 Å². The normalized spacial score (nSPS) is 19.4. The molecule has 32 heteroatoms. The molecule has 0 saturated carbocycles. The lowest BCUT2D eigenvalue weighted by molar-refractivity contribution is -0.288. The fraction of sp³-hybridized carbons (Fsp3) is 0.255. The topological polar surface area (TPSA) is 442 Å². The smallest absolute Gasteiger partial charge is 0.276 e. The van der Waals surface area contributed by atoms with E-state index in [0.29, 0.717) is 83.0 Å². The van der Waals surface area contributed by atoms with Crippen LogP contribution in [-0.2, 0) is 68.1 Å². The summed E-state index contributed by atoms with van der Waals surface area (Å²) in [5.74, 6) is -2.09. The largest absolute Gasteiger partial charge is 0.508 e. The molecule has 20 rings (SSSR count). The van der Waals surface area contributed by atoms with Crippen LogP contribution in [0.2, 0.25) is 0 Å². The van der Waals surface area contributed by atoms with Gasteiger partial charge in [-0.05, 0) is 93.7 Å². The molecule has 0 spiro atoms. The van der Waals surface area contributed by atoms with Gasteiger partial charge in [-0.25, -0.2) is 26.1 Å². The van der Waals surface area contributed by atoms with Gasteiger partial charge in [-0.15, -0.1) is 0 Å². The minimum atomic E-state index is -1.75. The van der Waals surface area contributed by atoms with Crippen LogP contribution in [0.5, 0.6) is 23.0 Å². The number of H-pyrrole nitrogens is 2. The highest BCUT2D eigenvalue weighted by Crippen LogP contribution is 2.52. The second kappa shape index (κ2) is 41.2. The summed E-state index contributed by atoms with van der Waals surface area (Å²) in [6, 6.07) is 77.5. The number of aromatic amines is 2. The maximum Gasteiger partial charge on any atom is 0.276 e. The summed E-state index contributed by atoms with van der Waals surface area (Å²) in [6.07, 6.45) is -12.4. The van der Waals surface area contributed by atoms with Crippen LogP contribution in [0.4, 0.5) is 0 Å². The number of carbonyl (C=O) groups is 4. The van der Waals surface area contributed by atoms with Crippen LogP contribution < -0.4 is 25.6 Å². The molecule has 0 bridgehead atoms. The number of nitrogens with one attached hydrogen (secondary N) is 4. The number of aliphatic hydroxyl groups is 8. The van der Waals surface area contributed by atoms with Gasteiger partial charge in [0, 0.05) is 67.4 Å². The van der Waals surface area contributed by atoms with Crippen molar-refractivity contribution in [2.45, 2.75) is 127 Å². The van der Waals surface area contributed by atoms with Crippen molar-refractivity contribution < 1.29 is 108 Å². The van der Waals surface area contributed by atoms with Crippen molar-refractivity contribution in [1.82, 2.24) is 40.0 Å². The Labute approximate surface area is 771 Å². The van der Waals surface area contributed by atoms with E-state index in [9.17, 15) is 60.7 Å². The monoisotopic (exact) mass is 1840 g/mol. The van der Waals surface area contributed by atoms with Gasteiger partial charge in [0.25, 0.3) is 23.6 Å². The summed E-state index contributed by atoms with van der Waals surface area (Å²) < 4.78 is 58.7. The molecule has 0 radical (unpaired) electrons. The lowest BCUT2D eigenvalue weighted by atomic mass is 9.95. The van der Waals surface area contributed by atoms with Crippen molar-refractivity contribution in [3.05, 3.63) is 310 Å². The standard InChI is InChI=1S/C71H64N4O11.C29H28N4O11.C2H6.ClH2N/c76-37-52(38-77)73-75-69(78)62-60-55-33-31-53(81-40-47-21-9-2-10-22-47)35-57(55)72-64(60)65-61(63(62)70(75)79)56-34-32-54(82-41-48-23-11-3-12-24-48)36-58(56)74(65)71-68(85-44-51-29-17-6-18-30-51)67(84-43-50-27-15-5-16-28-50)66(83-42-49-25-13-4-14-26-49)59(86-71)45-80-39-46-19-7-1-8-20-46;34-7-10(8-35)31-33-27(42)20-18-13-3-1-11(37)5-15(13)30-22(18)23-19(21(20)28(33)43)14-4-2-12(38)6-16(14)32(23)29-26(41)25(40)24(39)17(9-36)44-29;2*1-2/h1-36,52,59,66-68,71-73,76-77H,37-45H2;1-6,10,17,24-26,29-31,34-41H,7-9H2;1-2H3;2H2. The second-order valence-corrected chi connectivity index (χ2v) is 32.6. The van der Waals surface area contributed by atoms with Crippen LogP contribution in [0.3, 0.4) is 0 Å². The highest BCUT2D eigenvalue weighted by Gasteiger charge is 2.53. The molecular formula is C102H100ClN9O22. The molecule has 16 N–H and O–H groups in total. The highest BCUT2D eigenvalue weighted by atomic mass is 35.5. The minimum absolute atomic E-state index is 0.0162. The minimum Gasteiger partial charge on any atom is -0.508 e. The molecule has 10 atom stereocenters. The van der Waals surface area contributed by atoms with Gasteiger partial charge in [0.05, 0.1) is 145 Å². The third-order valence-corrected chi connectivity index (χ3v) is 24.4. The first-order chi connectivity index (χ1) is 65.5. The molecule has 8 heterocycles. The lowest BCUT2D eigenvalue weighted by Gasteiger charge is -2.47. The van der Waals surface area contributed by atoms with Crippen LogP contribution in [0.15, 0.2) is 255 Å². The Hall–Kier alpha value is -13.1. The van der Waals surface area contributed by atoms with E-state index >= 15 is 9.59 Å². The number of halogens is 1. The van der Waals surface area contributed by atoms with Gasteiger partial charge in [0.1, 0.15) is 85.0 Å². The average Bonchev–Trinajstić information content (AvgIpc) is 1.52. The van der Waals surface area contributed by atoms with E-state index in [2.05, 4.69) is 42.4 Å². The van der Waals surface area contributed by atoms with Gasteiger partial charge < -0.3 is 108 Å². The molecule has 4 aliphatic heterocycles. The number of hydrogen-bond acceptors (Lipinski definition) is 25. The Kier molecular flexibility index (Phi) is 28.5. The van der Waals surface area contributed by atoms with Crippen molar-refractivity contribution in [2.75, 3.05) is 39.6 Å². The molecule has 4 aliphatic rings. The summed E-state index contributed by atoms with van der Waals surface area (Å²) in [6.45, 7) is 2.48. The molecular weight excluding hydrogens is 1740 g/mol. The van der Waals surface area contributed by atoms with E-state index in [1.54, 1.807) is 6.07 Å². The van der Waals surface area contributed by atoms with Crippen molar-refractivity contribution in [1.29, 1.82) is 0 Å². The number of phenols is 2. The van der Waals surface area contributed by atoms with Gasteiger partial charge in [-0.3, -0.25) is 19.2 Å². The molecule has 134 heavy (non-hydrogen) atoms. The van der Waals surface area contributed by atoms with Crippen molar-refractivity contribution in [3.8, 4) is 23.0 Å². The van der Waals surface area contributed by atoms with E-state index in [1.807, 2.05) is 232 Å². The Morgan fingerprint density at radius 3 is 1.19 bits per heavy atom. The molecule has 4 aromatic heterocycles. The zero-order valence-electron chi connectivity index (χ0n) is 72.8.